The van der Waals surface area contributed by atoms with E-state index in [-0.39, 0.29) is 23.7 Å². The van der Waals surface area contributed by atoms with Crippen molar-refractivity contribution in [2.45, 2.75) is 64.7 Å². The van der Waals surface area contributed by atoms with Crippen LogP contribution in [-0.2, 0) is 11.2 Å². The fourth-order valence-electron chi connectivity index (χ4n) is 5.12. The molecule has 1 aromatic rings. The number of piperidine rings is 1. The van der Waals surface area contributed by atoms with Crippen molar-refractivity contribution >= 4 is 0 Å². The molecule has 3 aliphatic rings. The van der Waals surface area contributed by atoms with Crippen LogP contribution in [0.25, 0.3) is 0 Å². The summed E-state index contributed by atoms with van der Waals surface area (Å²) in [7, 11) is 1.70. The Morgan fingerprint density at radius 3 is 2.75 bits per heavy atom. The number of ether oxygens (including phenoxy) is 3. The number of hydrogen-bond acceptors (Lipinski definition) is 5. The predicted octanol–water partition coefficient (Wildman–Crippen LogP) is 3.58. The lowest BCUT2D eigenvalue weighted by molar-refractivity contribution is -0.0259. The van der Waals surface area contributed by atoms with Crippen molar-refractivity contribution in [1.82, 2.24) is 4.90 Å². The van der Waals surface area contributed by atoms with Crippen molar-refractivity contribution in [3.63, 3.8) is 0 Å². The lowest BCUT2D eigenvalue weighted by atomic mass is 9.75. The van der Waals surface area contributed by atoms with E-state index in [2.05, 4.69) is 37.8 Å². The summed E-state index contributed by atoms with van der Waals surface area (Å²) in [4.78, 5) is 2.57. The Morgan fingerprint density at radius 1 is 1.25 bits per heavy atom. The van der Waals surface area contributed by atoms with E-state index >= 15 is 0 Å². The van der Waals surface area contributed by atoms with Crippen molar-refractivity contribution in [1.29, 1.82) is 0 Å². The Morgan fingerprint density at radius 2 is 2.07 bits per heavy atom. The molecule has 156 valence electrons. The number of nitrogens with zero attached hydrogens (tertiary/aromatic N) is 1. The van der Waals surface area contributed by atoms with Crippen LogP contribution >= 0.6 is 0 Å². The van der Waals surface area contributed by atoms with Gasteiger partial charge in [-0.25, -0.2) is 0 Å². The SMILES string of the molecule is COc1cc2c(cc1O[C@@H]1CCOC1)CCN1C[C@@H](CC(C)(C)C)[C@H](O)C[C@H]21. The van der Waals surface area contributed by atoms with Gasteiger partial charge in [-0.2, -0.15) is 0 Å². The second-order valence-electron chi connectivity index (χ2n) is 9.89. The molecular formula is C23H35NO4. The Bertz CT molecular complexity index is 693. The molecule has 0 aliphatic carbocycles. The molecule has 5 heteroatoms. The Labute approximate surface area is 169 Å². The average molecular weight is 390 g/mol. The van der Waals surface area contributed by atoms with Crippen molar-refractivity contribution in [2.75, 3.05) is 33.4 Å². The zero-order valence-electron chi connectivity index (χ0n) is 17.7. The van der Waals surface area contributed by atoms with Gasteiger partial charge in [0, 0.05) is 25.6 Å². The molecule has 0 spiro atoms. The summed E-state index contributed by atoms with van der Waals surface area (Å²) in [6, 6.07) is 4.58. The zero-order valence-corrected chi connectivity index (χ0v) is 17.7. The minimum absolute atomic E-state index is 0.113. The Kier molecular flexibility index (Phi) is 5.60. The number of hydrogen-bond donors (Lipinski definition) is 1. The van der Waals surface area contributed by atoms with Crippen molar-refractivity contribution in [3.8, 4) is 11.5 Å². The third-order valence-corrected chi connectivity index (χ3v) is 6.43. The highest BCUT2D eigenvalue weighted by Gasteiger charge is 2.40. The highest BCUT2D eigenvalue weighted by molar-refractivity contribution is 5.50. The van der Waals surface area contributed by atoms with Gasteiger partial charge in [-0.05, 0) is 53.9 Å². The number of methoxy groups -OCH3 is 1. The quantitative estimate of drug-likeness (QED) is 0.853. The van der Waals surface area contributed by atoms with E-state index < -0.39 is 0 Å². The molecule has 0 amide bonds. The van der Waals surface area contributed by atoms with E-state index in [1.54, 1.807) is 7.11 Å². The third kappa shape index (κ3) is 4.17. The number of rotatable bonds is 4. The molecule has 1 aromatic carbocycles. The van der Waals surface area contributed by atoms with Gasteiger partial charge in [-0.1, -0.05) is 20.8 Å². The Hall–Kier alpha value is -1.30. The molecule has 28 heavy (non-hydrogen) atoms. The van der Waals surface area contributed by atoms with Gasteiger partial charge in [-0.3, -0.25) is 4.90 Å². The first-order valence-corrected chi connectivity index (χ1v) is 10.7. The molecule has 0 saturated carbocycles. The van der Waals surface area contributed by atoms with E-state index in [4.69, 9.17) is 14.2 Å². The number of fused-ring (bicyclic) bond motifs is 3. The van der Waals surface area contributed by atoms with E-state index in [9.17, 15) is 5.11 Å². The second-order valence-corrected chi connectivity index (χ2v) is 9.89. The van der Waals surface area contributed by atoms with E-state index in [0.29, 0.717) is 12.5 Å². The van der Waals surface area contributed by atoms with Gasteiger partial charge in [0.05, 0.1) is 26.4 Å². The van der Waals surface area contributed by atoms with E-state index in [1.807, 2.05) is 0 Å². The second kappa shape index (κ2) is 7.85. The number of aliphatic hydroxyl groups excluding tert-OH is 1. The topological polar surface area (TPSA) is 51.2 Å². The van der Waals surface area contributed by atoms with Gasteiger partial charge < -0.3 is 19.3 Å². The van der Waals surface area contributed by atoms with Crippen molar-refractivity contribution in [3.05, 3.63) is 23.3 Å². The molecule has 0 unspecified atom stereocenters. The molecule has 2 saturated heterocycles. The maximum Gasteiger partial charge on any atom is 0.162 e. The molecule has 2 fully saturated rings. The van der Waals surface area contributed by atoms with Crippen molar-refractivity contribution in [2.24, 2.45) is 11.3 Å². The summed E-state index contributed by atoms with van der Waals surface area (Å²) in [5.74, 6) is 1.97. The molecule has 0 aromatic heterocycles. The molecule has 5 nitrogen and oxygen atoms in total. The molecule has 0 bridgehead atoms. The van der Waals surface area contributed by atoms with Crippen LogP contribution in [0.3, 0.4) is 0 Å². The van der Waals surface area contributed by atoms with Crippen LogP contribution in [0.5, 0.6) is 11.5 Å². The first-order chi connectivity index (χ1) is 13.3. The zero-order chi connectivity index (χ0) is 19.9. The Balaban J connectivity index is 1.55. The molecule has 3 aliphatic heterocycles. The van der Waals surface area contributed by atoms with Gasteiger partial charge in [0.1, 0.15) is 6.10 Å². The summed E-state index contributed by atoms with van der Waals surface area (Å²) in [5, 5.41) is 10.9. The smallest absolute Gasteiger partial charge is 0.162 e. The fraction of sp³-hybridized carbons (Fsp3) is 0.739. The lowest BCUT2D eigenvalue weighted by Gasteiger charge is -2.47. The number of aliphatic hydroxyl groups is 1. The number of benzene rings is 1. The molecule has 0 radical (unpaired) electrons. The highest BCUT2D eigenvalue weighted by Crippen LogP contribution is 2.44. The summed E-state index contributed by atoms with van der Waals surface area (Å²) in [6.45, 7) is 10.2. The fourth-order valence-corrected chi connectivity index (χ4v) is 5.12. The van der Waals surface area contributed by atoms with Gasteiger partial charge in [-0.15, -0.1) is 0 Å². The van der Waals surface area contributed by atoms with Crippen LogP contribution in [0, 0.1) is 11.3 Å². The maximum atomic E-state index is 10.9. The van der Waals surface area contributed by atoms with Gasteiger partial charge in [0.15, 0.2) is 11.5 Å². The van der Waals surface area contributed by atoms with Crippen LogP contribution < -0.4 is 9.47 Å². The van der Waals surface area contributed by atoms with Crippen LogP contribution in [0.4, 0.5) is 0 Å². The maximum absolute atomic E-state index is 10.9. The van der Waals surface area contributed by atoms with Gasteiger partial charge in [0.25, 0.3) is 0 Å². The molecular weight excluding hydrogens is 354 g/mol. The largest absolute Gasteiger partial charge is 0.493 e. The average Bonchev–Trinajstić information content (AvgIpc) is 3.14. The highest BCUT2D eigenvalue weighted by atomic mass is 16.6. The molecule has 3 heterocycles. The monoisotopic (exact) mass is 389 g/mol. The summed E-state index contributed by atoms with van der Waals surface area (Å²) >= 11 is 0. The minimum Gasteiger partial charge on any atom is -0.493 e. The normalized spacial score (nSPS) is 30.6. The summed E-state index contributed by atoms with van der Waals surface area (Å²) < 4.78 is 17.3. The standard InChI is InChI=1S/C23H35NO4/c1-23(2,3)12-16-13-24-7-5-15-9-22(28-17-6-8-27-14-17)21(26-4)10-18(15)19(24)11-20(16)25/h9-10,16-17,19-20,25H,5-8,11-14H2,1-4H3/t16-,17-,19-,20-/m1/s1. The minimum atomic E-state index is -0.246. The van der Waals surface area contributed by atoms with Crippen molar-refractivity contribution < 1.29 is 19.3 Å². The lowest BCUT2D eigenvalue weighted by Crippen LogP contribution is -2.48. The van der Waals surface area contributed by atoms with Gasteiger partial charge in [0.2, 0.25) is 0 Å². The van der Waals surface area contributed by atoms with Crippen LogP contribution in [0.15, 0.2) is 12.1 Å². The summed E-state index contributed by atoms with van der Waals surface area (Å²) in [6.07, 6.45) is 3.67. The molecule has 1 N–H and O–H groups in total. The first-order valence-electron chi connectivity index (χ1n) is 10.7. The first kappa shape index (κ1) is 20.0. The molecule has 4 rings (SSSR count). The third-order valence-electron chi connectivity index (χ3n) is 6.43. The van der Waals surface area contributed by atoms with E-state index in [0.717, 1.165) is 56.9 Å². The van der Waals surface area contributed by atoms with Crippen LogP contribution in [-0.4, -0.2) is 55.6 Å². The molecule has 4 atom stereocenters. The van der Waals surface area contributed by atoms with E-state index in [1.165, 1.54) is 11.1 Å². The van der Waals surface area contributed by atoms with Crippen LogP contribution in [0.1, 0.15) is 57.2 Å². The van der Waals surface area contributed by atoms with Crippen LogP contribution in [0.2, 0.25) is 0 Å². The predicted molar refractivity (Wildman–Crippen MR) is 109 cm³/mol. The van der Waals surface area contributed by atoms with Gasteiger partial charge >= 0.3 is 0 Å². The summed E-state index contributed by atoms with van der Waals surface area (Å²) in [5.41, 5.74) is 2.87.